The van der Waals surface area contributed by atoms with E-state index >= 15 is 0 Å². The van der Waals surface area contributed by atoms with Gasteiger partial charge in [-0.1, -0.05) is 22.0 Å². The van der Waals surface area contributed by atoms with Gasteiger partial charge in [-0.05, 0) is 48.9 Å². The lowest BCUT2D eigenvalue weighted by atomic mass is 10.1. The molecule has 1 aliphatic heterocycles. The summed E-state index contributed by atoms with van der Waals surface area (Å²) >= 11 is 3.39. The third kappa shape index (κ3) is 4.11. The number of carbonyl (C=O) groups is 3. The SMILES string of the molecule is CC(=O)Nc1ccc(NC(=O)[C@H]2CCN(c3cccc(Br)c3)C2=O)cc1. The summed E-state index contributed by atoms with van der Waals surface area (Å²) in [5.74, 6) is -1.38. The van der Waals surface area contributed by atoms with Gasteiger partial charge in [-0.15, -0.1) is 0 Å². The minimum Gasteiger partial charge on any atom is -0.326 e. The summed E-state index contributed by atoms with van der Waals surface area (Å²) in [6, 6.07) is 14.2. The maximum atomic E-state index is 12.6. The van der Waals surface area contributed by atoms with Crippen LogP contribution in [0.5, 0.6) is 0 Å². The minimum atomic E-state index is -0.705. The van der Waals surface area contributed by atoms with Crippen molar-refractivity contribution in [1.82, 2.24) is 0 Å². The molecule has 0 aromatic heterocycles. The first-order chi connectivity index (χ1) is 12.4. The van der Waals surface area contributed by atoms with Crippen molar-refractivity contribution in [3.8, 4) is 0 Å². The third-order valence-corrected chi connectivity index (χ3v) is 4.61. The highest BCUT2D eigenvalue weighted by atomic mass is 79.9. The molecule has 7 heteroatoms. The van der Waals surface area contributed by atoms with Gasteiger partial charge in [-0.25, -0.2) is 0 Å². The number of benzene rings is 2. The van der Waals surface area contributed by atoms with Crippen LogP contribution in [0.4, 0.5) is 17.1 Å². The zero-order chi connectivity index (χ0) is 18.7. The smallest absolute Gasteiger partial charge is 0.239 e. The van der Waals surface area contributed by atoms with Crippen LogP contribution < -0.4 is 15.5 Å². The molecule has 1 heterocycles. The van der Waals surface area contributed by atoms with Gasteiger partial charge in [0.1, 0.15) is 5.92 Å². The molecule has 1 fully saturated rings. The molecule has 0 radical (unpaired) electrons. The number of hydrogen-bond donors (Lipinski definition) is 2. The molecular weight excluding hydrogens is 398 g/mol. The number of carbonyl (C=O) groups excluding carboxylic acids is 3. The molecule has 0 spiro atoms. The second-order valence-corrected chi connectivity index (χ2v) is 6.97. The predicted octanol–water partition coefficient (Wildman–Crippen LogP) is 3.40. The maximum Gasteiger partial charge on any atom is 0.239 e. The highest BCUT2D eigenvalue weighted by Gasteiger charge is 2.37. The van der Waals surface area contributed by atoms with E-state index in [4.69, 9.17) is 0 Å². The number of halogens is 1. The van der Waals surface area contributed by atoms with Gasteiger partial charge in [-0.3, -0.25) is 14.4 Å². The zero-order valence-corrected chi connectivity index (χ0v) is 15.7. The third-order valence-electron chi connectivity index (χ3n) is 4.11. The second-order valence-electron chi connectivity index (χ2n) is 6.06. The summed E-state index contributed by atoms with van der Waals surface area (Å²) in [6.07, 6.45) is 0.473. The molecule has 1 atom stereocenters. The Morgan fingerprint density at radius 3 is 2.35 bits per heavy atom. The van der Waals surface area contributed by atoms with Gasteiger partial charge in [0.2, 0.25) is 17.7 Å². The Morgan fingerprint density at radius 1 is 1.08 bits per heavy atom. The average molecular weight is 416 g/mol. The Labute approximate surface area is 159 Å². The van der Waals surface area contributed by atoms with E-state index in [1.54, 1.807) is 29.2 Å². The van der Waals surface area contributed by atoms with Gasteiger partial charge in [0.15, 0.2) is 0 Å². The van der Waals surface area contributed by atoms with Gasteiger partial charge in [-0.2, -0.15) is 0 Å². The molecule has 0 bridgehead atoms. The van der Waals surface area contributed by atoms with Crippen LogP contribution in [0.3, 0.4) is 0 Å². The van der Waals surface area contributed by atoms with Crippen LogP contribution in [0.25, 0.3) is 0 Å². The van der Waals surface area contributed by atoms with E-state index in [2.05, 4.69) is 26.6 Å². The van der Waals surface area contributed by atoms with Gasteiger partial charge >= 0.3 is 0 Å². The van der Waals surface area contributed by atoms with Crippen LogP contribution in [-0.4, -0.2) is 24.3 Å². The van der Waals surface area contributed by atoms with Crippen molar-refractivity contribution in [1.29, 1.82) is 0 Å². The molecule has 3 amide bonds. The summed E-state index contributed by atoms with van der Waals surface area (Å²) in [7, 11) is 0. The minimum absolute atomic E-state index is 0.161. The Morgan fingerprint density at radius 2 is 1.73 bits per heavy atom. The van der Waals surface area contributed by atoms with Crippen molar-refractivity contribution in [2.45, 2.75) is 13.3 Å². The number of nitrogens with one attached hydrogen (secondary N) is 2. The van der Waals surface area contributed by atoms with Gasteiger partial charge in [0.05, 0.1) is 0 Å². The lowest BCUT2D eigenvalue weighted by Crippen LogP contribution is -2.33. The van der Waals surface area contributed by atoms with Crippen LogP contribution in [0.15, 0.2) is 53.0 Å². The largest absolute Gasteiger partial charge is 0.326 e. The van der Waals surface area contributed by atoms with E-state index in [1.165, 1.54) is 6.92 Å². The van der Waals surface area contributed by atoms with E-state index in [-0.39, 0.29) is 17.7 Å². The van der Waals surface area contributed by atoms with E-state index in [0.717, 1.165) is 10.2 Å². The average Bonchev–Trinajstić information content (AvgIpc) is 2.98. The Hall–Kier alpha value is -2.67. The molecule has 2 aromatic carbocycles. The molecule has 2 N–H and O–H groups in total. The predicted molar refractivity (Wildman–Crippen MR) is 104 cm³/mol. The van der Waals surface area contributed by atoms with Gasteiger partial charge < -0.3 is 15.5 Å². The van der Waals surface area contributed by atoms with Crippen molar-refractivity contribution in [3.63, 3.8) is 0 Å². The van der Waals surface area contributed by atoms with Gasteiger partial charge in [0.25, 0.3) is 0 Å². The fourth-order valence-corrected chi connectivity index (χ4v) is 3.28. The monoisotopic (exact) mass is 415 g/mol. The fraction of sp³-hybridized carbons (Fsp3) is 0.211. The first-order valence-corrected chi connectivity index (χ1v) is 8.99. The van der Waals surface area contributed by atoms with Crippen LogP contribution in [0, 0.1) is 5.92 Å². The fourth-order valence-electron chi connectivity index (χ4n) is 2.89. The molecule has 0 aliphatic carbocycles. The van der Waals surface area contributed by atoms with E-state index in [1.807, 2.05) is 24.3 Å². The van der Waals surface area contributed by atoms with E-state index in [0.29, 0.717) is 24.3 Å². The summed E-state index contributed by atoms with van der Waals surface area (Å²) in [4.78, 5) is 37.8. The molecule has 0 saturated carbocycles. The number of amides is 3. The first kappa shape index (κ1) is 18.1. The molecule has 0 unspecified atom stereocenters. The Balaban J connectivity index is 1.65. The van der Waals surface area contributed by atoms with Crippen LogP contribution >= 0.6 is 15.9 Å². The van der Waals surface area contributed by atoms with Gasteiger partial charge in [0, 0.05) is 35.0 Å². The first-order valence-electron chi connectivity index (χ1n) is 8.19. The van der Waals surface area contributed by atoms with Crippen molar-refractivity contribution in [3.05, 3.63) is 53.0 Å². The molecule has 6 nitrogen and oxygen atoms in total. The molecule has 1 saturated heterocycles. The molecule has 134 valence electrons. The molecule has 2 aromatic rings. The Bertz CT molecular complexity index is 851. The summed E-state index contributed by atoms with van der Waals surface area (Å²) < 4.78 is 0.884. The maximum absolute atomic E-state index is 12.6. The lowest BCUT2D eigenvalue weighted by molar-refractivity contribution is -0.129. The standard InChI is InChI=1S/C19H18BrN3O3/c1-12(24)21-14-5-7-15(8-6-14)22-18(25)17-9-10-23(19(17)26)16-4-2-3-13(20)11-16/h2-8,11,17H,9-10H2,1H3,(H,21,24)(H,22,25)/t17-/m1/s1. The summed E-state index contributed by atoms with van der Waals surface area (Å²) in [6.45, 7) is 1.94. The normalized spacial score (nSPS) is 16.5. The molecule has 1 aliphatic rings. The highest BCUT2D eigenvalue weighted by molar-refractivity contribution is 9.10. The van der Waals surface area contributed by atoms with Crippen LogP contribution in [0.1, 0.15) is 13.3 Å². The quantitative estimate of drug-likeness (QED) is 0.750. The molecule has 3 rings (SSSR count). The van der Waals surface area contributed by atoms with Crippen LogP contribution in [0.2, 0.25) is 0 Å². The number of anilines is 3. The van der Waals surface area contributed by atoms with E-state index < -0.39 is 5.92 Å². The molecule has 26 heavy (non-hydrogen) atoms. The lowest BCUT2D eigenvalue weighted by Gasteiger charge is -2.17. The number of hydrogen-bond acceptors (Lipinski definition) is 3. The number of rotatable bonds is 4. The molecular formula is C19H18BrN3O3. The van der Waals surface area contributed by atoms with Crippen molar-refractivity contribution >= 4 is 50.7 Å². The second kappa shape index (κ2) is 7.70. The van der Waals surface area contributed by atoms with Crippen molar-refractivity contribution in [2.24, 2.45) is 5.92 Å². The van der Waals surface area contributed by atoms with E-state index in [9.17, 15) is 14.4 Å². The topological polar surface area (TPSA) is 78.5 Å². The zero-order valence-electron chi connectivity index (χ0n) is 14.2. The van der Waals surface area contributed by atoms with Crippen LogP contribution in [-0.2, 0) is 14.4 Å². The highest BCUT2D eigenvalue weighted by Crippen LogP contribution is 2.28. The van der Waals surface area contributed by atoms with Crippen molar-refractivity contribution in [2.75, 3.05) is 22.1 Å². The van der Waals surface area contributed by atoms with Crippen molar-refractivity contribution < 1.29 is 14.4 Å². The summed E-state index contributed by atoms with van der Waals surface area (Å²) in [5, 5.41) is 5.43. The Kier molecular flexibility index (Phi) is 5.37. The summed E-state index contributed by atoms with van der Waals surface area (Å²) in [5.41, 5.74) is 2.01. The number of nitrogens with zero attached hydrogens (tertiary/aromatic N) is 1.